The summed E-state index contributed by atoms with van der Waals surface area (Å²) in [4.78, 5) is 5.24. The Morgan fingerprint density at radius 1 is 1.16 bits per heavy atom. The zero-order valence-corrected chi connectivity index (χ0v) is 14.1. The number of ether oxygens (including phenoxy) is 1. The first-order valence-electron chi connectivity index (χ1n) is 7.98. The van der Waals surface area contributed by atoms with Gasteiger partial charge in [-0.1, -0.05) is 12.1 Å². The van der Waals surface area contributed by atoms with Crippen LogP contribution in [0.1, 0.15) is 28.0 Å². The van der Waals surface area contributed by atoms with Crippen LogP contribution in [-0.4, -0.2) is 16.7 Å². The molecule has 0 saturated carbocycles. The van der Waals surface area contributed by atoms with Gasteiger partial charge in [0.1, 0.15) is 17.7 Å². The van der Waals surface area contributed by atoms with Crippen LogP contribution >= 0.6 is 11.3 Å². The van der Waals surface area contributed by atoms with E-state index < -0.39 is 6.10 Å². The number of benzene rings is 1. The number of thiophene rings is 1. The molecule has 4 rings (SSSR count). The van der Waals surface area contributed by atoms with Crippen LogP contribution in [0.3, 0.4) is 0 Å². The van der Waals surface area contributed by atoms with Crippen molar-refractivity contribution in [2.45, 2.75) is 12.0 Å². The van der Waals surface area contributed by atoms with Crippen molar-refractivity contribution in [1.82, 2.24) is 4.98 Å². The van der Waals surface area contributed by atoms with E-state index in [9.17, 15) is 9.50 Å². The number of rotatable bonds is 4. The summed E-state index contributed by atoms with van der Waals surface area (Å²) in [6, 6.07) is 13.8. The molecular formula is C20H16FNO2S. The van der Waals surface area contributed by atoms with Gasteiger partial charge in [0.15, 0.2) is 0 Å². The van der Waals surface area contributed by atoms with Gasteiger partial charge in [0.25, 0.3) is 0 Å². The lowest BCUT2D eigenvalue weighted by Crippen LogP contribution is -2.09. The molecule has 126 valence electrons. The lowest BCUT2D eigenvalue weighted by atomic mass is 9.89. The summed E-state index contributed by atoms with van der Waals surface area (Å²) >= 11 is 1.64. The first kappa shape index (κ1) is 16.0. The van der Waals surface area contributed by atoms with Crippen LogP contribution in [0.2, 0.25) is 0 Å². The van der Waals surface area contributed by atoms with Crippen molar-refractivity contribution in [1.29, 1.82) is 0 Å². The van der Waals surface area contributed by atoms with Crippen molar-refractivity contribution in [2.75, 3.05) is 6.61 Å². The zero-order valence-electron chi connectivity index (χ0n) is 13.3. The van der Waals surface area contributed by atoms with Gasteiger partial charge in [-0.2, -0.15) is 0 Å². The van der Waals surface area contributed by atoms with Gasteiger partial charge in [0.2, 0.25) is 0 Å². The molecule has 5 heteroatoms. The summed E-state index contributed by atoms with van der Waals surface area (Å²) in [6.07, 6.45) is 2.50. The number of halogens is 1. The van der Waals surface area contributed by atoms with Gasteiger partial charge in [-0.25, -0.2) is 4.39 Å². The lowest BCUT2D eigenvalue weighted by molar-refractivity contribution is 0.209. The van der Waals surface area contributed by atoms with E-state index in [4.69, 9.17) is 4.74 Å². The molecule has 2 aromatic heterocycles. The monoisotopic (exact) mass is 353 g/mol. The minimum atomic E-state index is -0.830. The van der Waals surface area contributed by atoms with Crippen LogP contribution in [-0.2, 0) is 4.74 Å². The van der Waals surface area contributed by atoms with Gasteiger partial charge in [0, 0.05) is 34.0 Å². The Morgan fingerprint density at radius 3 is 2.68 bits per heavy atom. The summed E-state index contributed by atoms with van der Waals surface area (Å²) in [5.41, 5.74) is 2.27. The Kier molecular flexibility index (Phi) is 4.34. The number of pyridine rings is 1. The average Bonchev–Trinajstić information content (AvgIpc) is 3.32. The molecule has 0 fully saturated rings. The molecule has 0 aliphatic carbocycles. The van der Waals surface area contributed by atoms with E-state index in [1.807, 2.05) is 23.6 Å². The number of hydrogen-bond acceptors (Lipinski definition) is 4. The smallest absolute Gasteiger partial charge is 0.129 e. The lowest BCUT2D eigenvalue weighted by Gasteiger charge is -2.18. The molecule has 1 N–H and O–H groups in total. The van der Waals surface area contributed by atoms with Crippen molar-refractivity contribution in [3.63, 3.8) is 0 Å². The van der Waals surface area contributed by atoms with E-state index in [-0.39, 0.29) is 11.7 Å². The van der Waals surface area contributed by atoms with Crippen LogP contribution in [0.15, 0.2) is 71.9 Å². The van der Waals surface area contributed by atoms with Crippen molar-refractivity contribution < 1.29 is 14.2 Å². The predicted octanol–water partition coefficient (Wildman–Crippen LogP) is 4.54. The zero-order chi connectivity index (χ0) is 17.2. The third-order valence-corrected chi connectivity index (χ3v) is 5.31. The highest BCUT2D eigenvalue weighted by Crippen LogP contribution is 2.45. The Bertz CT molecular complexity index is 876. The van der Waals surface area contributed by atoms with Crippen LogP contribution < -0.4 is 0 Å². The van der Waals surface area contributed by atoms with Crippen molar-refractivity contribution in [3.05, 3.63) is 93.7 Å². The van der Waals surface area contributed by atoms with Gasteiger partial charge < -0.3 is 9.84 Å². The minimum Gasteiger partial charge on any atom is -0.492 e. The molecule has 0 saturated heterocycles. The standard InChI is InChI=1S/C20H16FNO2S/c21-15-7-5-13(6-8-15)20-18(19(23)14-3-1-9-22-11-14)16(12-24-20)17-4-2-10-25-17/h1-11,16,19,23H,12H2. The Balaban J connectivity index is 1.83. The Morgan fingerprint density at radius 2 is 2.00 bits per heavy atom. The maximum absolute atomic E-state index is 13.3. The SMILES string of the molecule is OC(C1=C(c2ccc(F)cc2)OCC1c1cccs1)c1cccnc1. The highest BCUT2D eigenvalue weighted by Gasteiger charge is 2.35. The number of hydrogen-bond donors (Lipinski definition) is 1. The van der Waals surface area contributed by atoms with Crippen molar-refractivity contribution in [3.8, 4) is 0 Å². The molecular weight excluding hydrogens is 337 g/mol. The molecule has 0 bridgehead atoms. The Hall–Kier alpha value is -2.50. The molecule has 3 nitrogen and oxygen atoms in total. The summed E-state index contributed by atoms with van der Waals surface area (Å²) in [7, 11) is 0. The van der Waals surface area contributed by atoms with E-state index in [2.05, 4.69) is 4.98 Å². The quantitative estimate of drug-likeness (QED) is 0.749. The second-order valence-electron chi connectivity index (χ2n) is 5.86. The normalized spacial score (nSPS) is 18.2. The summed E-state index contributed by atoms with van der Waals surface area (Å²) in [5.74, 6) is 0.288. The molecule has 1 aliphatic rings. The molecule has 3 heterocycles. The molecule has 1 aliphatic heterocycles. The van der Waals surface area contributed by atoms with Crippen molar-refractivity contribution >= 4 is 17.1 Å². The number of aliphatic hydroxyl groups is 1. The minimum absolute atomic E-state index is 0.0322. The fraction of sp³-hybridized carbons (Fsp3) is 0.150. The summed E-state index contributed by atoms with van der Waals surface area (Å²) in [5, 5.41) is 13.0. The number of aliphatic hydroxyl groups excluding tert-OH is 1. The second-order valence-corrected chi connectivity index (χ2v) is 6.84. The van der Waals surface area contributed by atoms with Gasteiger partial charge >= 0.3 is 0 Å². The van der Waals surface area contributed by atoms with E-state index in [0.29, 0.717) is 17.9 Å². The maximum atomic E-state index is 13.3. The molecule has 25 heavy (non-hydrogen) atoms. The predicted molar refractivity (Wildman–Crippen MR) is 95.5 cm³/mol. The average molecular weight is 353 g/mol. The largest absolute Gasteiger partial charge is 0.492 e. The highest BCUT2D eigenvalue weighted by molar-refractivity contribution is 7.10. The van der Waals surface area contributed by atoms with Crippen LogP contribution in [0, 0.1) is 5.82 Å². The fourth-order valence-corrected chi connectivity index (χ4v) is 3.94. The third-order valence-electron chi connectivity index (χ3n) is 4.32. The number of nitrogens with zero attached hydrogens (tertiary/aromatic N) is 1. The maximum Gasteiger partial charge on any atom is 0.129 e. The van der Waals surface area contributed by atoms with Gasteiger partial charge in [0.05, 0.1) is 12.5 Å². The molecule has 1 aromatic carbocycles. The molecule has 0 radical (unpaired) electrons. The third kappa shape index (κ3) is 3.08. The van der Waals surface area contributed by atoms with Crippen LogP contribution in [0.5, 0.6) is 0 Å². The molecule has 0 spiro atoms. The number of aromatic nitrogens is 1. The molecule has 2 unspecified atom stereocenters. The topological polar surface area (TPSA) is 42.4 Å². The van der Waals surface area contributed by atoms with E-state index in [0.717, 1.165) is 16.0 Å². The van der Waals surface area contributed by atoms with E-state index in [1.165, 1.54) is 12.1 Å². The van der Waals surface area contributed by atoms with Crippen LogP contribution in [0.4, 0.5) is 4.39 Å². The summed E-state index contributed by atoms with van der Waals surface area (Å²) < 4.78 is 19.2. The molecule has 2 atom stereocenters. The Labute approximate surface area is 149 Å². The fourth-order valence-electron chi connectivity index (χ4n) is 3.11. The van der Waals surface area contributed by atoms with Crippen molar-refractivity contribution in [2.24, 2.45) is 0 Å². The van der Waals surface area contributed by atoms with E-state index in [1.54, 1.807) is 41.9 Å². The van der Waals surface area contributed by atoms with Gasteiger partial charge in [-0.3, -0.25) is 4.98 Å². The first-order valence-corrected chi connectivity index (χ1v) is 8.86. The molecule has 3 aromatic rings. The second kappa shape index (κ2) is 6.78. The molecule has 0 amide bonds. The highest BCUT2D eigenvalue weighted by atomic mass is 32.1. The summed E-state index contributed by atoms with van der Waals surface area (Å²) in [6.45, 7) is 0.458. The van der Waals surface area contributed by atoms with Gasteiger partial charge in [-0.05, 0) is 41.8 Å². The van der Waals surface area contributed by atoms with Gasteiger partial charge in [-0.15, -0.1) is 11.3 Å². The van der Waals surface area contributed by atoms with E-state index >= 15 is 0 Å². The first-order chi connectivity index (χ1) is 12.2. The van der Waals surface area contributed by atoms with Crippen LogP contribution in [0.25, 0.3) is 5.76 Å².